The van der Waals surface area contributed by atoms with Crippen molar-refractivity contribution in [2.75, 3.05) is 24.7 Å². The maximum Gasteiger partial charge on any atom is 0.151 e. The van der Waals surface area contributed by atoms with Crippen LogP contribution in [0.25, 0.3) is 0 Å². The predicted molar refractivity (Wildman–Crippen MR) is 56.0 cm³/mol. The van der Waals surface area contributed by atoms with E-state index in [1.807, 2.05) is 6.92 Å². The van der Waals surface area contributed by atoms with E-state index >= 15 is 0 Å². The monoisotopic (exact) mass is 221 g/mol. The molecule has 0 atom stereocenters. The maximum absolute atomic E-state index is 11.3. The van der Waals surface area contributed by atoms with Crippen LogP contribution in [0.3, 0.4) is 0 Å². The van der Waals surface area contributed by atoms with Gasteiger partial charge in [0, 0.05) is 17.8 Å². The summed E-state index contributed by atoms with van der Waals surface area (Å²) in [6.07, 6.45) is 2.59. The van der Waals surface area contributed by atoms with E-state index in [1.165, 1.54) is 0 Å². The highest BCUT2D eigenvalue weighted by atomic mass is 32.2. The summed E-state index contributed by atoms with van der Waals surface area (Å²) in [6, 6.07) is 0. The van der Waals surface area contributed by atoms with Crippen LogP contribution >= 0.6 is 0 Å². The molecule has 0 aromatic rings. The van der Waals surface area contributed by atoms with E-state index in [1.54, 1.807) is 0 Å². The van der Waals surface area contributed by atoms with Gasteiger partial charge in [0.25, 0.3) is 0 Å². The van der Waals surface area contributed by atoms with E-state index in [-0.39, 0.29) is 23.7 Å². The zero-order valence-corrected chi connectivity index (χ0v) is 9.44. The lowest BCUT2D eigenvalue weighted by atomic mass is 10.3. The molecule has 14 heavy (non-hydrogen) atoms. The molecule has 1 aliphatic rings. The predicted octanol–water partition coefficient (Wildman–Crippen LogP) is -0.0743. The normalized spacial score (nSPS) is 19.6. The molecule has 0 aliphatic heterocycles. The van der Waals surface area contributed by atoms with Crippen LogP contribution in [-0.2, 0) is 9.84 Å². The highest BCUT2D eigenvalue weighted by Crippen LogP contribution is 2.34. The quantitative estimate of drug-likeness (QED) is 0.631. The number of aliphatic hydroxyl groups excluding tert-OH is 1. The fourth-order valence-electron chi connectivity index (χ4n) is 1.43. The topological polar surface area (TPSA) is 66.4 Å². The molecule has 84 valence electrons. The summed E-state index contributed by atoms with van der Waals surface area (Å²) in [5.41, 5.74) is -0.151. The zero-order valence-electron chi connectivity index (χ0n) is 8.62. The fraction of sp³-hybridized carbons (Fsp3) is 1.00. The van der Waals surface area contributed by atoms with Crippen molar-refractivity contribution in [3.63, 3.8) is 0 Å². The number of hydrogen-bond acceptors (Lipinski definition) is 4. The summed E-state index contributed by atoms with van der Waals surface area (Å²) in [6.45, 7) is 2.44. The smallest absolute Gasteiger partial charge is 0.151 e. The van der Waals surface area contributed by atoms with Crippen LogP contribution in [0, 0.1) is 0 Å². The van der Waals surface area contributed by atoms with E-state index in [9.17, 15) is 8.42 Å². The van der Waals surface area contributed by atoms with E-state index in [2.05, 4.69) is 5.32 Å². The van der Waals surface area contributed by atoms with Gasteiger partial charge in [-0.1, -0.05) is 6.92 Å². The molecule has 0 amide bonds. The second-order valence-corrected chi connectivity index (χ2v) is 6.32. The number of aliphatic hydroxyl groups is 1. The summed E-state index contributed by atoms with van der Waals surface area (Å²) in [5, 5.41) is 12.1. The van der Waals surface area contributed by atoms with Gasteiger partial charge in [-0.2, -0.15) is 0 Å². The molecule has 1 aliphatic carbocycles. The van der Waals surface area contributed by atoms with Gasteiger partial charge in [0.2, 0.25) is 0 Å². The van der Waals surface area contributed by atoms with Crippen molar-refractivity contribution in [1.82, 2.24) is 5.32 Å². The third-order valence-electron chi connectivity index (χ3n) is 2.58. The fourth-order valence-corrected chi connectivity index (χ4v) is 2.67. The van der Waals surface area contributed by atoms with Crippen LogP contribution in [0.1, 0.15) is 26.2 Å². The summed E-state index contributed by atoms with van der Waals surface area (Å²) in [4.78, 5) is 0. The maximum atomic E-state index is 11.3. The van der Waals surface area contributed by atoms with Crippen LogP contribution in [-0.4, -0.2) is 43.7 Å². The van der Waals surface area contributed by atoms with Crippen molar-refractivity contribution in [2.24, 2.45) is 0 Å². The summed E-state index contributed by atoms with van der Waals surface area (Å²) in [5.74, 6) is 0.448. The number of sulfone groups is 1. The number of hydrogen-bond donors (Lipinski definition) is 2. The van der Waals surface area contributed by atoms with Crippen molar-refractivity contribution in [3.8, 4) is 0 Å². The Labute approximate surface area is 85.6 Å². The molecular weight excluding hydrogens is 202 g/mol. The van der Waals surface area contributed by atoms with Gasteiger partial charge in [-0.3, -0.25) is 0 Å². The molecular formula is C9H19NO3S. The Bertz CT molecular complexity index is 270. The summed E-state index contributed by atoms with van der Waals surface area (Å²) < 4.78 is 22.6. The van der Waals surface area contributed by atoms with E-state index < -0.39 is 9.84 Å². The van der Waals surface area contributed by atoms with Crippen molar-refractivity contribution in [1.29, 1.82) is 0 Å². The Kier molecular flexibility index (Phi) is 3.92. The molecule has 0 unspecified atom stereocenters. The van der Waals surface area contributed by atoms with Gasteiger partial charge < -0.3 is 10.4 Å². The van der Waals surface area contributed by atoms with Gasteiger partial charge in [-0.05, 0) is 19.3 Å². The Balaban J connectivity index is 2.21. The minimum atomic E-state index is -2.88. The second kappa shape index (κ2) is 4.59. The van der Waals surface area contributed by atoms with Crippen molar-refractivity contribution in [2.45, 2.75) is 31.7 Å². The molecule has 0 spiro atoms. The molecule has 0 radical (unpaired) electrons. The van der Waals surface area contributed by atoms with Gasteiger partial charge in [0.05, 0.1) is 12.4 Å². The number of rotatable bonds is 7. The molecule has 5 heteroatoms. The molecule has 0 bridgehead atoms. The van der Waals surface area contributed by atoms with Crippen LogP contribution in [0.5, 0.6) is 0 Å². The molecule has 0 heterocycles. The zero-order chi connectivity index (χ0) is 10.7. The van der Waals surface area contributed by atoms with E-state index in [4.69, 9.17) is 5.11 Å². The lowest BCUT2D eigenvalue weighted by Crippen LogP contribution is -2.38. The molecule has 1 fully saturated rings. The van der Waals surface area contributed by atoms with Crippen molar-refractivity contribution >= 4 is 9.84 Å². The largest absolute Gasteiger partial charge is 0.394 e. The van der Waals surface area contributed by atoms with E-state index in [0.717, 1.165) is 12.8 Å². The average Bonchev–Trinajstić information content (AvgIpc) is 2.85. The van der Waals surface area contributed by atoms with Gasteiger partial charge in [-0.25, -0.2) is 8.42 Å². The Morgan fingerprint density at radius 1 is 1.36 bits per heavy atom. The van der Waals surface area contributed by atoms with Gasteiger partial charge in [-0.15, -0.1) is 0 Å². The minimum absolute atomic E-state index is 0.112. The molecule has 1 rings (SSSR count). The third-order valence-corrected chi connectivity index (χ3v) is 4.44. The van der Waals surface area contributed by atoms with Crippen LogP contribution < -0.4 is 5.32 Å². The molecule has 4 nitrogen and oxygen atoms in total. The first kappa shape index (κ1) is 11.9. The number of nitrogens with one attached hydrogen (secondary N) is 1. The van der Waals surface area contributed by atoms with E-state index in [0.29, 0.717) is 13.0 Å². The molecule has 2 N–H and O–H groups in total. The first-order valence-corrected chi connectivity index (χ1v) is 6.92. The van der Waals surface area contributed by atoms with Gasteiger partial charge in [0.15, 0.2) is 9.84 Å². The Hall–Kier alpha value is -0.130. The van der Waals surface area contributed by atoms with Crippen molar-refractivity contribution < 1.29 is 13.5 Å². The van der Waals surface area contributed by atoms with Gasteiger partial charge >= 0.3 is 0 Å². The summed E-state index contributed by atoms with van der Waals surface area (Å²) >= 11 is 0. The highest BCUT2D eigenvalue weighted by Gasteiger charge is 2.41. The second-order valence-electron chi connectivity index (χ2n) is 4.02. The first-order chi connectivity index (χ1) is 6.54. The molecule has 0 saturated heterocycles. The van der Waals surface area contributed by atoms with Crippen molar-refractivity contribution in [3.05, 3.63) is 0 Å². The first-order valence-electron chi connectivity index (χ1n) is 5.10. The molecule has 0 aromatic heterocycles. The van der Waals surface area contributed by atoms with Gasteiger partial charge in [0.1, 0.15) is 0 Å². The average molecular weight is 221 g/mol. The standard InChI is InChI=1S/C9H19NO3S/c1-2-6-14(12,13)7-5-10-9(8-11)3-4-9/h10-11H,2-8H2,1H3. The third kappa shape index (κ3) is 3.55. The SMILES string of the molecule is CCCS(=O)(=O)CCNC1(CO)CC1. The summed E-state index contributed by atoms with van der Waals surface area (Å²) in [7, 11) is -2.88. The van der Waals surface area contributed by atoms with Crippen LogP contribution in [0.15, 0.2) is 0 Å². The Morgan fingerprint density at radius 2 is 2.00 bits per heavy atom. The molecule has 1 saturated carbocycles. The minimum Gasteiger partial charge on any atom is -0.394 e. The highest BCUT2D eigenvalue weighted by molar-refractivity contribution is 7.91. The van der Waals surface area contributed by atoms with Crippen LogP contribution in [0.2, 0.25) is 0 Å². The van der Waals surface area contributed by atoms with Crippen LogP contribution in [0.4, 0.5) is 0 Å². The lowest BCUT2D eigenvalue weighted by Gasteiger charge is -2.13. The lowest BCUT2D eigenvalue weighted by molar-refractivity contribution is 0.233. The Morgan fingerprint density at radius 3 is 2.43 bits per heavy atom. The molecule has 0 aromatic carbocycles.